The van der Waals surface area contributed by atoms with Gasteiger partial charge in [-0.05, 0) is 6.42 Å². The van der Waals surface area contributed by atoms with E-state index in [-0.39, 0.29) is 5.48 Å². The Morgan fingerprint density at radius 1 is 0.857 bits per heavy atom. The van der Waals surface area contributed by atoms with Crippen LogP contribution in [-0.2, 0) is 0 Å². The van der Waals surface area contributed by atoms with Crippen LogP contribution in [0.25, 0.3) is 0 Å². The van der Waals surface area contributed by atoms with E-state index in [1.54, 1.807) is 0 Å². The van der Waals surface area contributed by atoms with Crippen molar-refractivity contribution in [3.8, 4) is 0 Å². The predicted octanol–water partition coefficient (Wildman–Crippen LogP) is 2.09. The van der Waals surface area contributed by atoms with E-state index in [0.717, 1.165) is 0 Å². The van der Waals surface area contributed by atoms with Crippen molar-refractivity contribution in [1.82, 2.24) is 0 Å². The summed E-state index contributed by atoms with van der Waals surface area (Å²) < 4.78 is 0. The van der Waals surface area contributed by atoms with Crippen LogP contribution >= 0.6 is 0 Å². The molecule has 1 heterocycles. The summed E-state index contributed by atoms with van der Waals surface area (Å²) in [6, 6.07) is 0. The summed E-state index contributed by atoms with van der Waals surface area (Å²) in [4.78, 5) is 1.84. The molecule has 2 N–H and O–H groups in total. The van der Waals surface area contributed by atoms with Crippen LogP contribution < -0.4 is 4.90 Å². The summed E-state index contributed by atoms with van der Waals surface area (Å²) in [6.45, 7) is 11.0. The largest absolute Gasteiger partial charge is 0.870 e. The molecule has 0 unspecified atom stereocenters. The fourth-order valence-electron chi connectivity index (χ4n) is 1.55. The Kier molecular flexibility index (Phi) is 15.1. The standard InChI is InChI=1S/C8H17N.C4H10.H2O/c1-2-3-6-9-7-4-5-8-9;1-3-4-2;/h2-8H2,1H3;3-4H2,1-2H3;1H2. The van der Waals surface area contributed by atoms with E-state index in [9.17, 15) is 0 Å². The van der Waals surface area contributed by atoms with Gasteiger partial charge in [0.2, 0.25) is 0 Å². The number of hydrogen-bond acceptors (Lipinski definition) is 1. The van der Waals surface area contributed by atoms with Crippen LogP contribution in [-0.4, -0.2) is 25.1 Å². The lowest BCUT2D eigenvalue weighted by Gasteiger charge is -2.09. The second-order valence-electron chi connectivity index (χ2n) is 4.06. The molecule has 0 radical (unpaired) electrons. The number of rotatable bonds is 4. The average molecular weight is 203 g/mol. The van der Waals surface area contributed by atoms with Gasteiger partial charge in [-0.2, -0.15) is 0 Å². The maximum atomic E-state index is 2.27. The quantitative estimate of drug-likeness (QED) is 0.746. The molecule has 1 saturated heterocycles. The average Bonchev–Trinajstić information content (AvgIpc) is 2.67. The Bertz CT molecular complexity index is 88.3. The molecule has 1 rings (SSSR count). The zero-order chi connectivity index (χ0) is 9.94. The lowest BCUT2D eigenvalue weighted by molar-refractivity contribution is -0.887. The third-order valence-electron chi connectivity index (χ3n) is 2.69. The van der Waals surface area contributed by atoms with Gasteiger partial charge in [-0.1, -0.05) is 40.0 Å². The van der Waals surface area contributed by atoms with Crippen molar-refractivity contribution >= 4 is 0 Å². The van der Waals surface area contributed by atoms with Crippen molar-refractivity contribution in [1.29, 1.82) is 0 Å². The number of nitrogens with one attached hydrogen (secondary N) is 1. The minimum Gasteiger partial charge on any atom is -0.870 e. The number of likely N-dealkylation sites (tertiary alicyclic amines) is 1. The summed E-state index contributed by atoms with van der Waals surface area (Å²) in [5.74, 6) is 0. The molecule has 0 aromatic carbocycles. The summed E-state index contributed by atoms with van der Waals surface area (Å²) >= 11 is 0. The van der Waals surface area contributed by atoms with Crippen molar-refractivity contribution in [3.05, 3.63) is 0 Å². The van der Waals surface area contributed by atoms with E-state index >= 15 is 0 Å². The smallest absolute Gasteiger partial charge is 0.0773 e. The van der Waals surface area contributed by atoms with Gasteiger partial charge in [0.25, 0.3) is 0 Å². The highest BCUT2D eigenvalue weighted by Gasteiger charge is 2.13. The van der Waals surface area contributed by atoms with Gasteiger partial charge in [0, 0.05) is 12.8 Å². The first-order chi connectivity index (χ1) is 6.35. The van der Waals surface area contributed by atoms with Gasteiger partial charge in [-0.3, -0.25) is 0 Å². The van der Waals surface area contributed by atoms with Crippen molar-refractivity contribution in [2.75, 3.05) is 19.6 Å². The van der Waals surface area contributed by atoms with E-state index in [1.807, 2.05) is 4.90 Å². The second kappa shape index (κ2) is 12.9. The molecule has 0 atom stereocenters. The molecule has 1 fully saturated rings. The van der Waals surface area contributed by atoms with E-state index in [0.29, 0.717) is 0 Å². The van der Waals surface area contributed by atoms with Crippen LogP contribution in [0.15, 0.2) is 0 Å². The third kappa shape index (κ3) is 10.0. The van der Waals surface area contributed by atoms with Crippen LogP contribution in [0.4, 0.5) is 0 Å². The molecule has 0 amide bonds. The molecule has 0 aromatic heterocycles. The number of quaternary nitrogens is 1. The Labute approximate surface area is 90.0 Å². The first kappa shape index (κ1) is 16.4. The summed E-state index contributed by atoms with van der Waals surface area (Å²) in [5.41, 5.74) is 0. The van der Waals surface area contributed by atoms with Crippen molar-refractivity contribution < 1.29 is 10.4 Å². The summed E-state index contributed by atoms with van der Waals surface area (Å²) in [7, 11) is 0. The molecule has 0 aromatic rings. The Morgan fingerprint density at radius 2 is 1.36 bits per heavy atom. The molecule has 2 heteroatoms. The SMILES string of the molecule is CCCC.CCCC[NH+]1CCCC1.[OH-]. The summed E-state index contributed by atoms with van der Waals surface area (Å²) in [5, 5.41) is 0. The number of unbranched alkanes of at least 4 members (excludes halogenated alkanes) is 2. The lowest BCUT2D eigenvalue weighted by atomic mass is 10.3. The highest BCUT2D eigenvalue weighted by Crippen LogP contribution is 1.89. The van der Waals surface area contributed by atoms with Crippen molar-refractivity contribution in [2.24, 2.45) is 0 Å². The zero-order valence-corrected chi connectivity index (χ0v) is 10.3. The molecule has 0 bridgehead atoms. The lowest BCUT2D eigenvalue weighted by Crippen LogP contribution is -3.09. The minimum atomic E-state index is 0. The zero-order valence-electron chi connectivity index (χ0n) is 10.3. The van der Waals surface area contributed by atoms with Gasteiger partial charge in [0.05, 0.1) is 19.6 Å². The van der Waals surface area contributed by atoms with E-state index < -0.39 is 0 Å². The Morgan fingerprint density at radius 3 is 1.71 bits per heavy atom. The predicted molar refractivity (Wildman–Crippen MR) is 62.2 cm³/mol. The summed E-state index contributed by atoms with van der Waals surface area (Å²) in [6.07, 6.45) is 8.37. The van der Waals surface area contributed by atoms with Gasteiger partial charge in [0.15, 0.2) is 0 Å². The molecule has 0 saturated carbocycles. The fraction of sp³-hybridized carbons (Fsp3) is 1.00. The normalized spacial score (nSPS) is 15.6. The van der Waals surface area contributed by atoms with Gasteiger partial charge < -0.3 is 10.4 Å². The van der Waals surface area contributed by atoms with Crippen LogP contribution in [0.2, 0.25) is 0 Å². The molecule has 0 aliphatic carbocycles. The van der Waals surface area contributed by atoms with Crippen LogP contribution in [0.3, 0.4) is 0 Å². The molecule has 0 spiro atoms. The van der Waals surface area contributed by atoms with Gasteiger partial charge in [0.1, 0.15) is 0 Å². The molecule has 14 heavy (non-hydrogen) atoms. The van der Waals surface area contributed by atoms with Gasteiger partial charge in [-0.25, -0.2) is 0 Å². The molecule has 88 valence electrons. The molecule has 1 aliphatic heterocycles. The first-order valence-electron chi connectivity index (χ1n) is 6.18. The van der Waals surface area contributed by atoms with Crippen LogP contribution in [0, 0.1) is 0 Å². The second-order valence-corrected chi connectivity index (χ2v) is 4.06. The number of hydrogen-bond donors (Lipinski definition) is 1. The Hall–Kier alpha value is -0.0800. The molecule has 1 aliphatic rings. The van der Waals surface area contributed by atoms with Gasteiger partial charge in [-0.15, -0.1) is 0 Å². The minimum absolute atomic E-state index is 0. The van der Waals surface area contributed by atoms with Crippen molar-refractivity contribution in [2.45, 2.75) is 59.3 Å². The van der Waals surface area contributed by atoms with E-state index in [2.05, 4.69) is 20.8 Å². The molecule has 2 nitrogen and oxygen atoms in total. The van der Waals surface area contributed by atoms with E-state index in [4.69, 9.17) is 0 Å². The van der Waals surface area contributed by atoms with Crippen molar-refractivity contribution in [3.63, 3.8) is 0 Å². The fourth-order valence-corrected chi connectivity index (χ4v) is 1.55. The highest BCUT2D eigenvalue weighted by molar-refractivity contribution is 4.44. The monoisotopic (exact) mass is 203 g/mol. The van der Waals surface area contributed by atoms with Gasteiger partial charge >= 0.3 is 0 Å². The van der Waals surface area contributed by atoms with Crippen LogP contribution in [0.5, 0.6) is 0 Å². The maximum absolute atomic E-state index is 2.27. The molecular weight excluding hydrogens is 174 g/mol. The molecular formula is C12H29NO. The van der Waals surface area contributed by atoms with Crippen LogP contribution in [0.1, 0.15) is 59.3 Å². The van der Waals surface area contributed by atoms with E-state index in [1.165, 1.54) is 58.2 Å². The third-order valence-corrected chi connectivity index (χ3v) is 2.69. The first-order valence-corrected chi connectivity index (χ1v) is 6.18. The maximum Gasteiger partial charge on any atom is 0.0773 e. The highest BCUT2D eigenvalue weighted by atomic mass is 16.0. The topological polar surface area (TPSA) is 34.4 Å². The Balaban J connectivity index is 0.